The van der Waals surface area contributed by atoms with Crippen LogP contribution in [0.25, 0.3) is 10.9 Å². The molecular weight excluding hydrogens is 215 g/mol. The van der Waals surface area contributed by atoms with Crippen molar-refractivity contribution in [2.75, 3.05) is 19.6 Å². The highest BCUT2D eigenvalue weighted by Crippen LogP contribution is 2.22. The number of H-pyrrole nitrogens is 1. The third-order valence-electron chi connectivity index (χ3n) is 3.63. The van der Waals surface area contributed by atoms with E-state index in [9.17, 15) is 4.39 Å². The predicted octanol–water partition coefficient (Wildman–Crippen LogP) is 2.95. The summed E-state index contributed by atoms with van der Waals surface area (Å²) in [6.07, 6.45) is 5.50. The first kappa shape index (κ1) is 10.8. The van der Waals surface area contributed by atoms with E-state index in [1.807, 2.05) is 12.3 Å². The Kier molecular flexibility index (Phi) is 2.85. The molecule has 1 aromatic carbocycles. The van der Waals surface area contributed by atoms with Gasteiger partial charge in [0.25, 0.3) is 0 Å². The van der Waals surface area contributed by atoms with Crippen molar-refractivity contribution in [3.63, 3.8) is 0 Å². The first-order valence-corrected chi connectivity index (χ1v) is 6.31. The molecule has 17 heavy (non-hydrogen) atoms. The third kappa shape index (κ3) is 2.07. The van der Waals surface area contributed by atoms with Crippen LogP contribution in [-0.4, -0.2) is 29.5 Å². The van der Waals surface area contributed by atoms with Crippen molar-refractivity contribution in [3.8, 4) is 0 Å². The van der Waals surface area contributed by atoms with Crippen molar-refractivity contribution in [1.29, 1.82) is 0 Å². The van der Waals surface area contributed by atoms with Gasteiger partial charge < -0.3 is 9.88 Å². The molecule has 0 spiro atoms. The lowest BCUT2D eigenvalue weighted by Gasteiger charge is -2.13. The van der Waals surface area contributed by atoms with E-state index in [1.165, 1.54) is 32.0 Å². The molecule has 2 heterocycles. The fourth-order valence-corrected chi connectivity index (χ4v) is 2.69. The quantitative estimate of drug-likeness (QED) is 0.862. The number of hydrogen-bond donors (Lipinski definition) is 1. The van der Waals surface area contributed by atoms with Gasteiger partial charge in [-0.1, -0.05) is 6.07 Å². The number of hydrogen-bond acceptors (Lipinski definition) is 1. The Morgan fingerprint density at radius 2 is 2.06 bits per heavy atom. The zero-order valence-electron chi connectivity index (χ0n) is 9.88. The Balaban J connectivity index is 1.80. The van der Waals surface area contributed by atoms with Crippen molar-refractivity contribution in [1.82, 2.24) is 9.88 Å². The fraction of sp³-hybridized carbons (Fsp3) is 0.429. The third-order valence-corrected chi connectivity index (χ3v) is 3.63. The molecule has 1 aromatic heterocycles. The highest BCUT2D eigenvalue weighted by Gasteiger charge is 2.13. The lowest BCUT2D eigenvalue weighted by molar-refractivity contribution is 0.344. The summed E-state index contributed by atoms with van der Waals surface area (Å²) in [5.74, 6) is -0.111. The minimum absolute atomic E-state index is 0.111. The van der Waals surface area contributed by atoms with Crippen LogP contribution in [0.3, 0.4) is 0 Å². The second kappa shape index (κ2) is 4.49. The van der Waals surface area contributed by atoms with E-state index in [-0.39, 0.29) is 5.82 Å². The van der Waals surface area contributed by atoms with Crippen molar-refractivity contribution >= 4 is 10.9 Å². The molecule has 0 saturated carbocycles. The number of rotatable bonds is 3. The van der Waals surface area contributed by atoms with Gasteiger partial charge in [-0.05, 0) is 50.0 Å². The first-order valence-electron chi connectivity index (χ1n) is 6.31. The largest absolute Gasteiger partial charge is 0.361 e. The Labute approximate surface area is 100 Å². The predicted molar refractivity (Wildman–Crippen MR) is 67.6 cm³/mol. The van der Waals surface area contributed by atoms with Crippen LogP contribution in [0.1, 0.15) is 18.4 Å². The van der Waals surface area contributed by atoms with Crippen molar-refractivity contribution in [2.24, 2.45) is 0 Å². The van der Waals surface area contributed by atoms with Gasteiger partial charge in [0.05, 0.1) is 0 Å². The normalized spacial score (nSPS) is 17.0. The summed E-state index contributed by atoms with van der Waals surface area (Å²) in [5, 5.41) is 0.770. The smallest absolute Gasteiger partial charge is 0.132 e. The molecule has 3 rings (SSSR count). The van der Waals surface area contributed by atoms with E-state index in [0.717, 1.165) is 29.4 Å². The average molecular weight is 232 g/mol. The van der Waals surface area contributed by atoms with E-state index < -0.39 is 0 Å². The highest BCUT2D eigenvalue weighted by molar-refractivity contribution is 5.83. The van der Waals surface area contributed by atoms with E-state index in [4.69, 9.17) is 0 Å². The molecule has 2 nitrogen and oxygen atoms in total. The molecule has 2 aromatic rings. The number of nitrogens with zero attached hydrogens (tertiary/aromatic N) is 1. The zero-order chi connectivity index (χ0) is 11.7. The van der Waals surface area contributed by atoms with Gasteiger partial charge in [0.2, 0.25) is 0 Å². The van der Waals surface area contributed by atoms with Crippen molar-refractivity contribution < 1.29 is 4.39 Å². The molecule has 90 valence electrons. The van der Waals surface area contributed by atoms with Gasteiger partial charge in [-0.3, -0.25) is 0 Å². The average Bonchev–Trinajstić information content (AvgIpc) is 2.95. The standard InChI is InChI=1S/C14H17FN2/c15-12-4-3-5-13-14(12)11(10-16-13)6-9-17-7-1-2-8-17/h3-5,10,16H,1-2,6-9H2. The monoisotopic (exact) mass is 232 g/mol. The molecule has 1 saturated heterocycles. The van der Waals surface area contributed by atoms with E-state index in [1.54, 1.807) is 6.07 Å². The molecule has 1 aliphatic rings. The molecule has 1 fully saturated rings. The molecule has 0 radical (unpaired) electrons. The Morgan fingerprint density at radius 1 is 1.24 bits per heavy atom. The molecular formula is C14H17FN2. The van der Waals surface area contributed by atoms with Crippen LogP contribution in [0.4, 0.5) is 4.39 Å². The Hall–Kier alpha value is -1.35. The van der Waals surface area contributed by atoms with Gasteiger partial charge in [-0.25, -0.2) is 4.39 Å². The van der Waals surface area contributed by atoms with Gasteiger partial charge in [0.15, 0.2) is 0 Å². The maximum absolute atomic E-state index is 13.7. The zero-order valence-corrected chi connectivity index (χ0v) is 9.88. The number of nitrogens with one attached hydrogen (secondary N) is 1. The molecule has 0 amide bonds. The van der Waals surface area contributed by atoms with Crippen LogP contribution in [-0.2, 0) is 6.42 Å². The summed E-state index contributed by atoms with van der Waals surface area (Å²) in [5.41, 5.74) is 2.01. The Morgan fingerprint density at radius 3 is 2.88 bits per heavy atom. The minimum atomic E-state index is -0.111. The molecule has 1 N–H and O–H groups in total. The van der Waals surface area contributed by atoms with Gasteiger partial charge in [0, 0.05) is 23.6 Å². The minimum Gasteiger partial charge on any atom is -0.361 e. The molecule has 0 atom stereocenters. The van der Waals surface area contributed by atoms with Crippen LogP contribution in [0.15, 0.2) is 24.4 Å². The van der Waals surface area contributed by atoms with Crippen LogP contribution in [0.5, 0.6) is 0 Å². The number of aromatic amines is 1. The molecule has 0 unspecified atom stereocenters. The van der Waals surface area contributed by atoms with Gasteiger partial charge in [-0.2, -0.15) is 0 Å². The lowest BCUT2D eigenvalue weighted by atomic mass is 10.1. The SMILES string of the molecule is Fc1cccc2[nH]cc(CCN3CCCC3)c12. The maximum atomic E-state index is 13.7. The highest BCUT2D eigenvalue weighted by atomic mass is 19.1. The number of aromatic nitrogens is 1. The summed E-state index contributed by atoms with van der Waals surface area (Å²) in [6, 6.07) is 5.21. The second-order valence-corrected chi connectivity index (χ2v) is 4.78. The van der Waals surface area contributed by atoms with Crippen LogP contribution in [0.2, 0.25) is 0 Å². The second-order valence-electron chi connectivity index (χ2n) is 4.78. The summed E-state index contributed by atoms with van der Waals surface area (Å²) in [4.78, 5) is 5.60. The summed E-state index contributed by atoms with van der Waals surface area (Å²) < 4.78 is 13.7. The van der Waals surface area contributed by atoms with Crippen molar-refractivity contribution in [2.45, 2.75) is 19.3 Å². The molecule has 1 aliphatic heterocycles. The first-order chi connectivity index (χ1) is 8.34. The summed E-state index contributed by atoms with van der Waals surface area (Å²) in [7, 11) is 0. The van der Waals surface area contributed by atoms with Crippen molar-refractivity contribution in [3.05, 3.63) is 35.8 Å². The molecule has 3 heteroatoms. The number of fused-ring (bicyclic) bond motifs is 1. The Bertz CT molecular complexity index is 512. The van der Waals surface area contributed by atoms with Crippen LogP contribution < -0.4 is 0 Å². The van der Waals surface area contributed by atoms with Crippen LogP contribution in [0, 0.1) is 5.82 Å². The maximum Gasteiger partial charge on any atom is 0.132 e. The van der Waals surface area contributed by atoms with E-state index in [0.29, 0.717) is 0 Å². The summed E-state index contributed by atoms with van der Waals surface area (Å²) >= 11 is 0. The van der Waals surface area contributed by atoms with Gasteiger partial charge in [-0.15, -0.1) is 0 Å². The number of likely N-dealkylation sites (tertiary alicyclic amines) is 1. The van der Waals surface area contributed by atoms with Gasteiger partial charge >= 0.3 is 0 Å². The van der Waals surface area contributed by atoms with Gasteiger partial charge in [0.1, 0.15) is 5.82 Å². The molecule has 0 bridgehead atoms. The fourth-order valence-electron chi connectivity index (χ4n) is 2.69. The topological polar surface area (TPSA) is 19.0 Å². The lowest BCUT2D eigenvalue weighted by Crippen LogP contribution is -2.21. The number of halogens is 1. The van der Waals surface area contributed by atoms with E-state index in [2.05, 4.69) is 9.88 Å². The molecule has 0 aliphatic carbocycles. The number of benzene rings is 1. The van der Waals surface area contributed by atoms with Crippen LogP contribution >= 0.6 is 0 Å². The van der Waals surface area contributed by atoms with E-state index >= 15 is 0 Å². The summed E-state index contributed by atoms with van der Waals surface area (Å²) in [6.45, 7) is 3.44.